The summed E-state index contributed by atoms with van der Waals surface area (Å²) >= 11 is 9.42. The second-order valence-corrected chi connectivity index (χ2v) is 2.57. The lowest BCUT2D eigenvalue weighted by atomic mass is 10.2. The fraction of sp³-hybridized carbons (Fsp3) is 0.143. The van der Waals surface area contributed by atoms with E-state index in [1.807, 2.05) is 19.1 Å². The summed E-state index contributed by atoms with van der Waals surface area (Å²) < 4.78 is 4.74. The molecule has 0 aromatic heterocycles. The zero-order valence-electron chi connectivity index (χ0n) is 5.47. The lowest BCUT2D eigenvalue weighted by Crippen LogP contribution is -1.81. The van der Waals surface area contributed by atoms with E-state index in [1.54, 1.807) is 6.07 Å². The zero-order valence-corrected chi connectivity index (χ0v) is 7.12. The average molecular weight is 175 g/mol. The Bertz CT molecular complexity index is 217. The van der Waals surface area contributed by atoms with Crippen LogP contribution in [0.2, 0.25) is 5.02 Å². The van der Waals surface area contributed by atoms with Crippen LogP contribution in [0.3, 0.4) is 0 Å². The quantitative estimate of drug-likeness (QED) is 0.509. The first-order valence-electron chi connectivity index (χ1n) is 2.82. The van der Waals surface area contributed by atoms with Crippen LogP contribution in [0.1, 0.15) is 5.56 Å². The Morgan fingerprint density at radius 2 is 2.20 bits per heavy atom. The third kappa shape index (κ3) is 1.39. The van der Waals surface area contributed by atoms with E-state index in [2.05, 4.69) is 12.9 Å². The average Bonchev–Trinajstić information content (AvgIpc) is 1.88. The summed E-state index contributed by atoms with van der Waals surface area (Å²) in [5.74, 6) is 0.632. The standard InChI is InChI=1S/C7H7ClOS/c1-5-3-2-4-6(8)7(5)9-10/h2-4,10H,1H3. The summed E-state index contributed by atoms with van der Waals surface area (Å²) in [6.07, 6.45) is 0. The molecule has 3 heteroatoms. The smallest absolute Gasteiger partial charge is 0.158 e. The SMILES string of the molecule is Cc1cccc(Cl)c1OS. The summed E-state index contributed by atoms with van der Waals surface area (Å²) in [4.78, 5) is 0. The van der Waals surface area contributed by atoms with Gasteiger partial charge in [0, 0.05) is 12.9 Å². The Balaban J connectivity index is 3.17. The van der Waals surface area contributed by atoms with Crippen molar-refractivity contribution in [2.24, 2.45) is 0 Å². The van der Waals surface area contributed by atoms with Gasteiger partial charge in [-0.1, -0.05) is 23.7 Å². The molecule has 1 nitrogen and oxygen atoms in total. The number of hydrogen-bond acceptors (Lipinski definition) is 2. The largest absolute Gasteiger partial charge is 0.427 e. The van der Waals surface area contributed by atoms with Crippen LogP contribution in [0.5, 0.6) is 5.75 Å². The first-order valence-corrected chi connectivity index (χ1v) is 3.56. The van der Waals surface area contributed by atoms with Crippen LogP contribution in [-0.2, 0) is 0 Å². The Morgan fingerprint density at radius 1 is 1.50 bits per heavy atom. The lowest BCUT2D eigenvalue weighted by Gasteiger charge is -2.02. The molecule has 0 saturated heterocycles. The molecule has 0 heterocycles. The van der Waals surface area contributed by atoms with Gasteiger partial charge in [-0.2, -0.15) is 0 Å². The van der Waals surface area contributed by atoms with E-state index in [4.69, 9.17) is 15.8 Å². The second-order valence-electron chi connectivity index (χ2n) is 1.98. The summed E-state index contributed by atoms with van der Waals surface area (Å²) in [6, 6.07) is 5.55. The number of rotatable bonds is 1. The van der Waals surface area contributed by atoms with Gasteiger partial charge in [0.05, 0.1) is 5.02 Å². The minimum atomic E-state index is 0.593. The molecule has 0 radical (unpaired) electrons. The van der Waals surface area contributed by atoms with Crippen molar-refractivity contribution in [3.05, 3.63) is 28.8 Å². The van der Waals surface area contributed by atoms with Crippen molar-refractivity contribution in [3.63, 3.8) is 0 Å². The fourth-order valence-electron chi connectivity index (χ4n) is 0.732. The van der Waals surface area contributed by atoms with Crippen LogP contribution in [0.15, 0.2) is 18.2 Å². The lowest BCUT2D eigenvalue weighted by molar-refractivity contribution is 0.652. The van der Waals surface area contributed by atoms with Gasteiger partial charge in [-0.3, -0.25) is 0 Å². The number of thiol groups is 1. The molecule has 0 N–H and O–H groups in total. The van der Waals surface area contributed by atoms with Crippen molar-refractivity contribution in [1.29, 1.82) is 0 Å². The van der Waals surface area contributed by atoms with Crippen molar-refractivity contribution in [2.75, 3.05) is 0 Å². The van der Waals surface area contributed by atoms with E-state index in [0.717, 1.165) is 5.56 Å². The monoisotopic (exact) mass is 174 g/mol. The van der Waals surface area contributed by atoms with Crippen LogP contribution in [0, 0.1) is 6.92 Å². The molecule has 0 aliphatic heterocycles. The molecular formula is C7H7ClOS. The Morgan fingerprint density at radius 3 is 2.60 bits per heavy atom. The summed E-state index contributed by atoms with van der Waals surface area (Å²) in [5.41, 5.74) is 0.988. The number of benzene rings is 1. The van der Waals surface area contributed by atoms with Gasteiger partial charge in [0.1, 0.15) is 0 Å². The first kappa shape index (κ1) is 7.76. The molecule has 0 bridgehead atoms. The molecule has 10 heavy (non-hydrogen) atoms. The molecule has 0 spiro atoms. The molecule has 54 valence electrons. The van der Waals surface area contributed by atoms with E-state index in [1.165, 1.54) is 0 Å². The van der Waals surface area contributed by atoms with E-state index in [0.29, 0.717) is 10.8 Å². The molecule has 0 amide bonds. The molecule has 1 aromatic carbocycles. The van der Waals surface area contributed by atoms with Gasteiger partial charge in [0.15, 0.2) is 5.75 Å². The van der Waals surface area contributed by atoms with Crippen LogP contribution in [-0.4, -0.2) is 0 Å². The third-order valence-electron chi connectivity index (χ3n) is 1.26. The van der Waals surface area contributed by atoms with Crippen molar-refractivity contribution in [3.8, 4) is 5.75 Å². The highest BCUT2D eigenvalue weighted by molar-refractivity contribution is 7.75. The maximum absolute atomic E-state index is 5.76. The van der Waals surface area contributed by atoms with Crippen molar-refractivity contribution >= 4 is 24.5 Å². The summed E-state index contributed by atoms with van der Waals surface area (Å²) in [5, 5.41) is 0.593. The Kier molecular flexibility index (Phi) is 2.46. The van der Waals surface area contributed by atoms with Crippen molar-refractivity contribution < 1.29 is 4.18 Å². The summed E-state index contributed by atoms with van der Waals surface area (Å²) in [7, 11) is 0. The highest BCUT2D eigenvalue weighted by atomic mass is 35.5. The number of para-hydroxylation sites is 1. The normalized spacial score (nSPS) is 9.50. The minimum Gasteiger partial charge on any atom is -0.427 e. The Hall–Kier alpha value is -0.340. The van der Waals surface area contributed by atoms with Gasteiger partial charge in [-0.25, -0.2) is 0 Å². The topological polar surface area (TPSA) is 9.23 Å². The van der Waals surface area contributed by atoms with Crippen molar-refractivity contribution in [2.45, 2.75) is 6.92 Å². The molecule has 0 saturated carbocycles. The van der Waals surface area contributed by atoms with Crippen LogP contribution in [0.4, 0.5) is 0 Å². The fourth-order valence-corrected chi connectivity index (χ4v) is 1.29. The molecule has 0 aliphatic carbocycles. The van der Waals surface area contributed by atoms with Crippen LogP contribution >= 0.6 is 24.5 Å². The molecule has 0 unspecified atom stereocenters. The van der Waals surface area contributed by atoms with Crippen LogP contribution in [0.25, 0.3) is 0 Å². The highest BCUT2D eigenvalue weighted by Gasteiger charge is 2.01. The molecule has 0 aliphatic rings. The number of halogens is 1. The molecule has 0 atom stereocenters. The Labute approximate surface area is 70.6 Å². The van der Waals surface area contributed by atoms with E-state index >= 15 is 0 Å². The second kappa shape index (κ2) is 3.17. The van der Waals surface area contributed by atoms with Gasteiger partial charge in [-0.05, 0) is 18.6 Å². The summed E-state index contributed by atoms with van der Waals surface area (Å²) in [6.45, 7) is 1.91. The first-order chi connectivity index (χ1) is 4.75. The van der Waals surface area contributed by atoms with E-state index in [9.17, 15) is 0 Å². The number of hydrogen-bond donors (Lipinski definition) is 1. The van der Waals surface area contributed by atoms with Gasteiger partial charge in [-0.15, -0.1) is 0 Å². The van der Waals surface area contributed by atoms with Crippen LogP contribution < -0.4 is 4.18 Å². The maximum atomic E-state index is 5.76. The minimum absolute atomic E-state index is 0.593. The van der Waals surface area contributed by atoms with Crippen molar-refractivity contribution in [1.82, 2.24) is 0 Å². The molecular weight excluding hydrogens is 168 g/mol. The van der Waals surface area contributed by atoms with E-state index < -0.39 is 0 Å². The van der Waals surface area contributed by atoms with Gasteiger partial charge >= 0.3 is 0 Å². The highest BCUT2D eigenvalue weighted by Crippen LogP contribution is 2.28. The number of aryl methyl sites for hydroxylation is 1. The van der Waals surface area contributed by atoms with E-state index in [-0.39, 0.29) is 0 Å². The van der Waals surface area contributed by atoms with Gasteiger partial charge in [0.2, 0.25) is 0 Å². The molecule has 1 rings (SSSR count). The molecule has 0 fully saturated rings. The maximum Gasteiger partial charge on any atom is 0.158 e. The third-order valence-corrected chi connectivity index (χ3v) is 1.74. The zero-order chi connectivity index (χ0) is 7.56. The van der Waals surface area contributed by atoms with Gasteiger partial charge < -0.3 is 4.18 Å². The predicted octanol–water partition coefficient (Wildman–Crippen LogP) is 2.87. The van der Waals surface area contributed by atoms with Gasteiger partial charge in [0.25, 0.3) is 0 Å². The molecule has 1 aromatic rings. The predicted molar refractivity (Wildman–Crippen MR) is 45.8 cm³/mol.